The number of pyridine rings is 1. The Balaban J connectivity index is 2.37. The maximum atomic E-state index is 12.6. The van der Waals surface area contributed by atoms with E-state index in [4.69, 9.17) is 23.2 Å². The summed E-state index contributed by atoms with van der Waals surface area (Å²) in [4.78, 5) is 3.76. The first-order chi connectivity index (χ1) is 8.89. The maximum absolute atomic E-state index is 12.6. The molecule has 0 bridgehead atoms. The zero-order valence-corrected chi connectivity index (χ0v) is 11.0. The molecule has 0 saturated heterocycles. The molecule has 2 aromatic rings. The monoisotopic (exact) mass is 305 g/mol. The predicted molar refractivity (Wildman–Crippen MR) is 68.5 cm³/mol. The van der Waals surface area contributed by atoms with Crippen LogP contribution in [0.5, 0.6) is 0 Å². The summed E-state index contributed by atoms with van der Waals surface area (Å²) in [6.45, 7) is 0. The minimum absolute atomic E-state index is 0.152. The number of aromatic nitrogens is 1. The van der Waals surface area contributed by atoms with Crippen LogP contribution in [0.3, 0.4) is 0 Å². The van der Waals surface area contributed by atoms with Crippen LogP contribution in [0.15, 0.2) is 36.5 Å². The van der Waals surface area contributed by atoms with Crippen molar-refractivity contribution in [2.24, 2.45) is 0 Å². The fraction of sp³-hybridized carbons (Fsp3) is 0.154. The summed E-state index contributed by atoms with van der Waals surface area (Å²) in [6, 6.07) is 9.18. The maximum Gasteiger partial charge on any atom is 0.419 e. The van der Waals surface area contributed by atoms with E-state index in [0.29, 0.717) is 18.3 Å². The number of rotatable bonds is 2. The molecule has 0 N–H and O–H groups in total. The van der Waals surface area contributed by atoms with Crippen molar-refractivity contribution in [2.75, 3.05) is 0 Å². The molecule has 1 aromatic carbocycles. The quantitative estimate of drug-likeness (QED) is 0.761. The number of nitrogens with zero attached hydrogens (tertiary/aromatic N) is 1. The molecule has 1 heterocycles. The minimum atomic E-state index is -4.56. The molecule has 0 atom stereocenters. The molecule has 6 heteroatoms. The van der Waals surface area contributed by atoms with Crippen molar-refractivity contribution < 1.29 is 13.2 Å². The third kappa shape index (κ3) is 3.19. The average molecular weight is 306 g/mol. The summed E-state index contributed by atoms with van der Waals surface area (Å²) in [5.41, 5.74) is 0.203. The van der Waals surface area contributed by atoms with E-state index in [1.54, 1.807) is 0 Å². The molecule has 0 fully saturated rings. The summed E-state index contributed by atoms with van der Waals surface area (Å²) in [5, 5.41) is -0.657. The molecule has 0 unspecified atom stereocenters. The first-order valence-corrected chi connectivity index (χ1v) is 6.09. The van der Waals surface area contributed by atoms with Crippen LogP contribution in [-0.2, 0) is 12.6 Å². The van der Waals surface area contributed by atoms with Crippen molar-refractivity contribution in [2.45, 2.75) is 12.6 Å². The van der Waals surface area contributed by atoms with E-state index in [1.165, 1.54) is 0 Å². The highest BCUT2D eigenvalue weighted by Gasteiger charge is 2.35. The molecule has 0 saturated carbocycles. The molecule has 0 radical (unpaired) electrons. The topological polar surface area (TPSA) is 12.9 Å². The summed E-state index contributed by atoms with van der Waals surface area (Å²) in [5.74, 6) is 0. The molecule has 0 aliphatic heterocycles. The molecule has 1 nitrogen and oxygen atoms in total. The summed E-state index contributed by atoms with van der Waals surface area (Å²) in [6.07, 6.45) is -3.51. The Kier molecular flexibility index (Phi) is 4.02. The van der Waals surface area contributed by atoms with E-state index >= 15 is 0 Å². The molecule has 0 aliphatic rings. The van der Waals surface area contributed by atoms with Gasteiger partial charge in [0.25, 0.3) is 0 Å². The summed E-state index contributed by atoms with van der Waals surface area (Å²) >= 11 is 11.5. The Morgan fingerprint density at radius 1 is 1.00 bits per heavy atom. The van der Waals surface area contributed by atoms with E-state index in [9.17, 15) is 13.2 Å². The van der Waals surface area contributed by atoms with Crippen LogP contribution in [0.2, 0.25) is 10.0 Å². The lowest BCUT2D eigenvalue weighted by atomic mass is 10.1. The Bertz CT molecular complexity index is 582. The molecule has 0 aliphatic carbocycles. The van der Waals surface area contributed by atoms with E-state index in [1.807, 2.05) is 30.3 Å². The lowest BCUT2D eigenvalue weighted by molar-refractivity contribution is -0.137. The predicted octanol–water partition coefficient (Wildman–Crippen LogP) is 5.00. The van der Waals surface area contributed by atoms with Gasteiger partial charge in [-0.05, 0) is 5.56 Å². The highest BCUT2D eigenvalue weighted by Crippen LogP contribution is 2.38. The van der Waals surface area contributed by atoms with E-state index < -0.39 is 16.8 Å². The molecule has 0 spiro atoms. The van der Waals surface area contributed by atoms with Crippen LogP contribution in [0.25, 0.3) is 0 Å². The van der Waals surface area contributed by atoms with Gasteiger partial charge in [0.15, 0.2) is 0 Å². The molecular formula is C13H8Cl2F3N. The second-order valence-electron chi connectivity index (χ2n) is 3.91. The van der Waals surface area contributed by atoms with Gasteiger partial charge >= 0.3 is 6.18 Å². The number of benzene rings is 1. The summed E-state index contributed by atoms with van der Waals surface area (Å²) in [7, 11) is 0. The molecule has 0 amide bonds. The number of alkyl halides is 3. The molecule has 2 rings (SSSR count). The Morgan fingerprint density at radius 2 is 1.63 bits per heavy atom. The van der Waals surface area contributed by atoms with E-state index in [2.05, 4.69) is 4.98 Å². The fourth-order valence-electron chi connectivity index (χ4n) is 1.61. The highest BCUT2D eigenvalue weighted by atomic mass is 35.5. The van der Waals surface area contributed by atoms with Crippen LogP contribution in [0.1, 0.15) is 16.8 Å². The SMILES string of the molecule is FC(F)(F)c1cnc(Cc2ccccc2)c(Cl)c1Cl. The van der Waals surface area contributed by atoms with Crippen LogP contribution < -0.4 is 0 Å². The third-order valence-corrected chi connectivity index (χ3v) is 3.45. The third-order valence-electron chi connectivity index (χ3n) is 2.55. The zero-order chi connectivity index (χ0) is 14.0. The number of hydrogen-bond donors (Lipinski definition) is 0. The fourth-order valence-corrected chi connectivity index (χ4v) is 2.09. The largest absolute Gasteiger partial charge is 0.419 e. The lowest BCUT2D eigenvalue weighted by Gasteiger charge is -2.12. The highest BCUT2D eigenvalue weighted by molar-refractivity contribution is 6.42. The van der Waals surface area contributed by atoms with Crippen molar-refractivity contribution >= 4 is 23.2 Å². The van der Waals surface area contributed by atoms with Crippen LogP contribution in [0.4, 0.5) is 13.2 Å². The van der Waals surface area contributed by atoms with Gasteiger partial charge in [0.05, 0.1) is 21.3 Å². The van der Waals surface area contributed by atoms with Gasteiger partial charge < -0.3 is 0 Å². The lowest BCUT2D eigenvalue weighted by Crippen LogP contribution is -2.08. The van der Waals surface area contributed by atoms with Crippen molar-refractivity contribution in [1.82, 2.24) is 4.98 Å². The average Bonchev–Trinajstić information content (AvgIpc) is 2.35. The standard InChI is InChI=1S/C13H8Cl2F3N/c14-11-9(13(16,17)18)7-19-10(12(11)15)6-8-4-2-1-3-5-8/h1-5,7H,6H2. The Labute approximate surface area is 118 Å². The minimum Gasteiger partial charge on any atom is -0.259 e. The number of halogens is 5. The molecular weight excluding hydrogens is 298 g/mol. The normalized spacial score (nSPS) is 11.6. The smallest absolute Gasteiger partial charge is 0.259 e. The second-order valence-corrected chi connectivity index (χ2v) is 4.66. The zero-order valence-electron chi connectivity index (χ0n) is 9.51. The van der Waals surface area contributed by atoms with Crippen molar-refractivity contribution in [3.8, 4) is 0 Å². The molecule has 1 aromatic heterocycles. The van der Waals surface area contributed by atoms with Crippen molar-refractivity contribution in [3.05, 3.63) is 63.4 Å². The summed E-state index contributed by atoms with van der Waals surface area (Å²) < 4.78 is 37.8. The van der Waals surface area contributed by atoms with Gasteiger partial charge in [0, 0.05) is 12.6 Å². The number of hydrogen-bond acceptors (Lipinski definition) is 1. The second kappa shape index (κ2) is 5.39. The molecule has 100 valence electrons. The van der Waals surface area contributed by atoms with Gasteiger partial charge in [0.1, 0.15) is 0 Å². The van der Waals surface area contributed by atoms with Crippen LogP contribution in [0, 0.1) is 0 Å². The van der Waals surface area contributed by atoms with Gasteiger partial charge in [-0.15, -0.1) is 0 Å². The molecule has 19 heavy (non-hydrogen) atoms. The van der Waals surface area contributed by atoms with Crippen LogP contribution >= 0.6 is 23.2 Å². The van der Waals surface area contributed by atoms with Gasteiger partial charge in [-0.25, -0.2) is 0 Å². The first-order valence-electron chi connectivity index (χ1n) is 5.33. The first kappa shape index (κ1) is 14.2. The Hall–Kier alpha value is -1.26. The van der Waals surface area contributed by atoms with Crippen LogP contribution in [-0.4, -0.2) is 4.98 Å². The Morgan fingerprint density at radius 3 is 2.21 bits per heavy atom. The van der Waals surface area contributed by atoms with Gasteiger partial charge in [0.2, 0.25) is 0 Å². The van der Waals surface area contributed by atoms with Crippen molar-refractivity contribution in [3.63, 3.8) is 0 Å². The van der Waals surface area contributed by atoms with E-state index in [-0.39, 0.29) is 5.02 Å². The van der Waals surface area contributed by atoms with Gasteiger partial charge in [-0.2, -0.15) is 13.2 Å². The van der Waals surface area contributed by atoms with Gasteiger partial charge in [-0.1, -0.05) is 53.5 Å². The van der Waals surface area contributed by atoms with Crippen molar-refractivity contribution in [1.29, 1.82) is 0 Å². The van der Waals surface area contributed by atoms with E-state index in [0.717, 1.165) is 5.56 Å². The van der Waals surface area contributed by atoms with Gasteiger partial charge in [-0.3, -0.25) is 4.98 Å².